The first-order chi connectivity index (χ1) is 8.70. The lowest BCUT2D eigenvalue weighted by atomic mass is 10.3. The minimum atomic E-state index is 0.684. The third-order valence-electron chi connectivity index (χ3n) is 2.72. The summed E-state index contributed by atoms with van der Waals surface area (Å²) in [5.41, 5.74) is 9.39. The van der Waals surface area contributed by atoms with Gasteiger partial charge in [0.1, 0.15) is 0 Å². The Morgan fingerprint density at radius 1 is 1.44 bits per heavy atom. The minimum Gasteiger partial charge on any atom is -0.399 e. The molecule has 4 N–H and O–H groups in total. The zero-order valence-electron chi connectivity index (χ0n) is 10.0. The number of rotatable bonds is 3. The molecule has 3 rings (SSSR count). The molecule has 0 radical (unpaired) electrons. The first-order valence-corrected chi connectivity index (χ1v) is 5.67. The maximum absolute atomic E-state index is 5.72. The van der Waals surface area contributed by atoms with Gasteiger partial charge in [0, 0.05) is 31.0 Å². The number of nitrogens with two attached hydrogens (primary N) is 1. The summed E-state index contributed by atoms with van der Waals surface area (Å²) in [6.07, 6.45) is 3.79. The number of aromatic amines is 1. The van der Waals surface area contributed by atoms with E-state index in [0.717, 1.165) is 28.2 Å². The van der Waals surface area contributed by atoms with Gasteiger partial charge in [-0.05, 0) is 18.2 Å². The standard InChI is InChI=1S/C12H14N6/c1-18-7-8(6-15-18)5-14-12-16-10-3-2-9(13)4-11(10)17-12/h2-4,6-7H,5,13H2,1H3,(H2,14,16,17). The Labute approximate surface area is 104 Å². The van der Waals surface area contributed by atoms with Crippen molar-refractivity contribution in [3.63, 3.8) is 0 Å². The van der Waals surface area contributed by atoms with Crippen LogP contribution in [0.3, 0.4) is 0 Å². The van der Waals surface area contributed by atoms with Gasteiger partial charge < -0.3 is 16.0 Å². The van der Waals surface area contributed by atoms with E-state index in [4.69, 9.17) is 5.73 Å². The number of anilines is 2. The normalized spacial score (nSPS) is 10.9. The van der Waals surface area contributed by atoms with Gasteiger partial charge in [-0.3, -0.25) is 4.68 Å². The van der Waals surface area contributed by atoms with Crippen LogP contribution < -0.4 is 11.1 Å². The number of hydrogen-bond acceptors (Lipinski definition) is 4. The second-order valence-corrected chi connectivity index (χ2v) is 4.24. The molecule has 0 aliphatic heterocycles. The van der Waals surface area contributed by atoms with Crippen molar-refractivity contribution in [2.24, 2.45) is 7.05 Å². The van der Waals surface area contributed by atoms with Crippen molar-refractivity contribution in [3.05, 3.63) is 36.2 Å². The molecular formula is C12H14N6. The van der Waals surface area contributed by atoms with Gasteiger partial charge in [0.25, 0.3) is 0 Å². The molecule has 2 heterocycles. The Morgan fingerprint density at radius 2 is 2.33 bits per heavy atom. The Bertz CT molecular complexity index is 681. The molecule has 0 spiro atoms. The summed E-state index contributed by atoms with van der Waals surface area (Å²) in [4.78, 5) is 7.61. The fourth-order valence-electron chi connectivity index (χ4n) is 1.86. The SMILES string of the molecule is Cn1cc(CNc2nc3ccc(N)cc3[nH]2)cn1. The molecule has 0 saturated heterocycles. The first kappa shape index (κ1) is 10.6. The maximum Gasteiger partial charge on any atom is 0.201 e. The molecule has 6 nitrogen and oxygen atoms in total. The Kier molecular flexibility index (Phi) is 2.40. The van der Waals surface area contributed by atoms with Gasteiger partial charge in [-0.2, -0.15) is 5.10 Å². The highest BCUT2D eigenvalue weighted by molar-refractivity contribution is 5.80. The average molecular weight is 242 g/mol. The van der Waals surface area contributed by atoms with E-state index in [1.54, 1.807) is 4.68 Å². The van der Waals surface area contributed by atoms with Crippen molar-refractivity contribution in [1.29, 1.82) is 0 Å². The molecule has 1 aromatic carbocycles. The number of imidazole rings is 1. The van der Waals surface area contributed by atoms with E-state index in [1.807, 2.05) is 37.6 Å². The number of aromatic nitrogens is 4. The monoisotopic (exact) mass is 242 g/mol. The molecule has 3 aromatic rings. The lowest BCUT2D eigenvalue weighted by Crippen LogP contribution is -1.99. The summed E-state index contributed by atoms with van der Waals surface area (Å²) in [6, 6.07) is 5.61. The van der Waals surface area contributed by atoms with Gasteiger partial charge in [0.15, 0.2) is 0 Å². The van der Waals surface area contributed by atoms with E-state index >= 15 is 0 Å². The van der Waals surface area contributed by atoms with Crippen LogP contribution >= 0.6 is 0 Å². The van der Waals surface area contributed by atoms with E-state index in [9.17, 15) is 0 Å². The Hall–Kier alpha value is -2.50. The second-order valence-electron chi connectivity index (χ2n) is 4.24. The van der Waals surface area contributed by atoms with E-state index in [0.29, 0.717) is 6.54 Å². The molecule has 0 aliphatic carbocycles. The van der Waals surface area contributed by atoms with Crippen LogP contribution in [0.5, 0.6) is 0 Å². The van der Waals surface area contributed by atoms with E-state index in [2.05, 4.69) is 20.4 Å². The summed E-state index contributed by atoms with van der Waals surface area (Å²) < 4.78 is 1.77. The largest absolute Gasteiger partial charge is 0.399 e. The van der Waals surface area contributed by atoms with Crippen LogP contribution in [0, 0.1) is 0 Å². The third kappa shape index (κ3) is 2.00. The molecule has 6 heteroatoms. The lowest BCUT2D eigenvalue weighted by molar-refractivity contribution is 0.767. The summed E-state index contributed by atoms with van der Waals surface area (Å²) in [7, 11) is 1.90. The molecule has 0 unspecified atom stereocenters. The van der Waals surface area contributed by atoms with Crippen LogP contribution in [0.1, 0.15) is 5.56 Å². The second kappa shape index (κ2) is 4.06. The maximum atomic E-state index is 5.72. The van der Waals surface area contributed by atoms with Crippen LogP contribution in [0.25, 0.3) is 11.0 Å². The highest BCUT2D eigenvalue weighted by atomic mass is 15.2. The lowest BCUT2D eigenvalue weighted by Gasteiger charge is -1.98. The number of nitrogen functional groups attached to an aromatic ring is 1. The zero-order chi connectivity index (χ0) is 12.5. The third-order valence-corrected chi connectivity index (χ3v) is 2.72. The van der Waals surface area contributed by atoms with Crippen LogP contribution in [0.4, 0.5) is 11.6 Å². The van der Waals surface area contributed by atoms with Gasteiger partial charge in [-0.15, -0.1) is 0 Å². The van der Waals surface area contributed by atoms with Crippen molar-refractivity contribution in [2.75, 3.05) is 11.1 Å². The molecule has 0 amide bonds. The number of hydrogen-bond donors (Lipinski definition) is 3. The van der Waals surface area contributed by atoms with Gasteiger partial charge in [-0.1, -0.05) is 0 Å². The quantitative estimate of drug-likeness (QED) is 0.607. The fourth-order valence-corrected chi connectivity index (χ4v) is 1.86. The fraction of sp³-hybridized carbons (Fsp3) is 0.167. The summed E-state index contributed by atoms with van der Waals surface area (Å²) >= 11 is 0. The summed E-state index contributed by atoms with van der Waals surface area (Å²) in [6.45, 7) is 0.684. The van der Waals surface area contributed by atoms with Crippen molar-refractivity contribution in [2.45, 2.75) is 6.54 Å². The van der Waals surface area contributed by atoms with Crippen LogP contribution in [0.2, 0.25) is 0 Å². The van der Waals surface area contributed by atoms with E-state index in [1.165, 1.54) is 0 Å². The minimum absolute atomic E-state index is 0.684. The average Bonchev–Trinajstić information content (AvgIpc) is 2.92. The molecule has 0 bridgehead atoms. The molecule has 0 fully saturated rings. The number of aryl methyl sites for hydroxylation is 1. The van der Waals surface area contributed by atoms with Crippen molar-refractivity contribution < 1.29 is 0 Å². The van der Waals surface area contributed by atoms with Crippen molar-refractivity contribution in [3.8, 4) is 0 Å². The Balaban J connectivity index is 1.78. The number of H-pyrrole nitrogens is 1. The smallest absolute Gasteiger partial charge is 0.201 e. The molecule has 18 heavy (non-hydrogen) atoms. The number of fused-ring (bicyclic) bond motifs is 1. The van der Waals surface area contributed by atoms with E-state index in [-0.39, 0.29) is 0 Å². The molecule has 0 saturated carbocycles. The van der Waals surface area contributed by atoms with Crippen LogP contribution in [-0.2, 0) is 13.6 Å². The highest BCUT2D eigenvalue weighted by Crippen LogP contribution is 2.17. The molecule has 0 atom stereocenters. The number of nitrogens with zero attached hydrogens (tertiary/aromatic N) is 3. The molecule has 92 valence electrons. The topological polar surface area (TPSA) is 84.5 Å². The van der Waals surface area contributed by atoms with Crippen molar-refractivity contribution in [1.82, 2.24) is 19.7 Å². The number of nitrogens with one attached hydrogen (secondary N) is 2. The van der Waals surface area contributed by atoms with Gasteiger partial charge in [0.2, 0.25) is 5.95 Å². The van der Waals surface area contributed by atoms with E-state index < -0.39 is 0 Å². The van der Waals surface area contributed by atoms with Crippen molar-refractivity contribution >= 4 is 22.7 Å². The predicted octanol–water partition coefficient (Wildman–Crippen LogP) is 1.49. The van der Waals surface area contributed by atoms with Crippen LogP contribution in [0.15, 0.2) is 30.6 Å². The number of benzene rings is 1. The van der Waals surface area contributed by atoms with Gasteiger partial charge in [-0.25, -0.2) is 4.98 Å². The zero-order valence-corrected chi connectivity index (χ0v) is 10.0. The highest BCUT2D eigenvalue weighted by Gasteiger charge is 2.03. The molecular weight excluding hydrogens is 228 g/mol. The molecule has 0 aliphatic rings. The Morgan fingerprint density at radius 3 is 3.11 bits per heavy atom. The summed E-state index contributed by atoms with van der Waals surface area (Å²) in [5.74, 6) is 0.736. The molecule has 2 aromatic heterocycles. The first-order valence-electron chi connectivity index (χ1n) is 5.67. The summed E-state index contributed by atoms with van der Waals surface area (Å²) in [5, 5.41) is 7.34. The van der Waals surface area contributed by atoms with Gasteiger partial charge in [0.05, 0.1) is 17.2 Å². The van der Waals surface area contributed by atoms with Gasteiger partial charge >= 0.3 is 0 Å². The van der Waals surface area contributed by atoms with Crippen LogP contribution in [-0.4, -0.2) is 19.7 Å². The predicted molar refractivity (Wildman–Crippen MR) is 71.0 cm³/mol.